The Balaban J connectivity index is 2.28. The summed E-state index contributed by atoms with van der Waals surface area (Å²) in [4.78, 5) is 35.1. The third-order valence-corrected chi connectivity index (χ3v) is 3.26. The van der Waals surface area contributed by atoms with Gasteiger partial charge in [0, 0.05) is 23.0 Å². The van der Waals surface area contributed by atoms with Crippen LogP contribution in [0.5, 0.6) is 0 Å². The lowest BCUT2D eigenvalue weighted by molar-refractivity contribution is -0.155. The van der Waals surface area contributed by atoms with Gasteiger partial charge in [0.1, 0.15) is 0 Å². The summed E-state index contributed by atoms with van der Waals surface area (Å²) >= 11 is 1.43. The summed E-state index contributed by atoms with van der Waals surface area (Å²) in [6.45, 7) is 7.22. The number of thiophene rings is 1. The number of rotatable bonds is 6. The third-order valence-electron chi connectivity index (χ3n) is 2.57. The number of hydrogen-bond donors (Lipinski definition) is 2. The average molecular weight is 326 g/mol. The Kier molecular flexibility index (Phi) is 6.55. The summed E-state index contributed by atoms with van der Waals surface area (Å²) in [6.07, 6.45) is -0.845. The van der Waals surface area contributed by atoms with E-state index in [1.807, 2.05) is 20.8 Å². The Bertz CT molecular complexity index is 520. The second-order valence-electron chi connectivity index (χ2n) is 5.89. The summed E-state index contributed by atoms with van der Waals surface area (Å²) in [7, 11) is 0. The zero-order valence-corrected chi connectivity index (χ0v) is 14.1. The second kappa shape index (κ2) is 7.93. The van der Waals surface area contributed by atoms with Crippen LogP contribution in [0.15, 0.2) is 16.8 Å². The molecule has 1 aromatic heterocycles. The lowest BCUT2D eigenvalue weighted by Gasteiger charge is -2.23. The molecule has 1 heterocycles. The Morgan fingerprint density at radius 1 is 1.32 bits per heavy atom. The molecule has 0 aliphatic carbocycles. The number of esters is 1. The molecule has 22 heavy (non-hydrogen) atoms. The van der Waals surface area contributed by atoms with Crippen molar-refractivity contribution in [2.45, 2.75) is 45.8 Å². The van der Waals surface area contributed by atoms with E-state index in [0.29, 0.717) is 5.56 Å². The molecule has 0 saturated carbocycles. The summed E-state index contributed by atoms with van der Waals surface area (Å²) in [6, 6.07) is 1.71. The van der Waals surface area contributed by atoms with Crippen LogP contribution in [0.1, 0.15) is 44.5 Å². The minimum atomic E-state index is -0.862. The fourth-order valence-corrected chi connectivity index (χ4v) is 2.19. The van der Waals surface area contributed by atoms with Gasteiger partial charge in [0.25, 0.3) is 11.8 Å². The molecule has 2 N–H and O–H groups in total. The first-order valence-electron chi connectivity index (χ1n) is 7.01. The third kappa shape index (κ3) is 6.71. The molecular weight excluding hydrogens is 304 g/mol. The van der Waals surface area contributed by atoms with Crippen molar-refractivity contribution >= 4 is 29.1 Å². The number of ether oxygens (including phenoxy) is 1. The van der Waals surface area contributed by atoms with E-state index in [4.69, 9.17) is 4.74 Å². The highest BCUT2D eigenvalue weighted by atomic mass is 32.1. The first-order chi connectivity index (χ1) is 10.2. The smallest absolute Gasteiger partial charge is 0.308 e. The minimum absolute atomic E-state index is 0.0169. The molecule has 1 atom stereocenters. The Labute approximate surface area is 134 Å². The average Bonchev–Trinajstić information content (AvgIpc) is 2.90. The first kappa shape index (κ1) is 18.2. The molecule has 1 unspecified atom stereocenters. The quantitative estimate of drug-likeness (QED) is 0.780. The van der Waals surface area contributed by atoms with Crippen molar-refractivity contribution < 1.29 is 19.1 Å². The Morgan fingerprint density at radius 2 is 2.00 bits per heavy atom. The van der Waals surface area contributed by atoms with Crippen molar-refractivity contribution in [3.8, 4) is 0 Å². The van der Waals surface area contributed by atoms with Crippen LogP contribution in [0.3, 0.4) is 0 Å². The van der Waals surface area contributed by atoms with Gasteiger partial charge in [-0.2, -0.15) is 11.3 Å². The van der Waals surface area contributed by atoms with Gasteiger partial charge in [-0.3, -0.25) is 14.4 Å². The molecule has 0 spiro atoms. The predicted molar refractivity (Wildman–Crippen MR) is 84.7 cm³/mol. The van der Waals surface area contributed by atoms with E-state index in [9.17, 15) is 14.4 Å². The number of amides is 2. The Morgan fingerprint density at radius 3 is 2.55 bits per heavy atom. The standard InChI is InChI=1S/C15H22N2O4S/c1-10(13(19)17-15(2,3)4)21-12(18)5-7-16-14(20)11-6-8-22-9-11/h6,8-10H,5,7H2,1-4H3,(H,16,20)(H,17,19). The fraction of sp³-hybridized carbons (Fsp3) is 0.533. The van der Waals surface area contributed by atoms with Gasteiger partial charge in [0.05, 0.1) is 6.42 Å². The van der Waals surface area contributed by atoms with Gasteiger partial charge in [-0.1, -0.05) is 0 Å². The summed E-state index contributed by atoms with van der Waals surface area (Å²) in [5.41, 5.74) is 0.183. The van der Waals surface area contributed by atoms with E-state index in [0.717, 1.165) is 0 Å². The molecule has 6 nitrogen and oxygen atoms in total. The van der Waals surface area contributed by atoms with Gasteiger partial charge in [-0.15, -0.1) is 0 Å². The van der Waals surface area contributed by atoms with Crippen LogP contribution >= 0.6 is 11.3 Å². The van der Waals surface area contributed by atoms with Crippen molar-refractivity contribution in [3.63, 3.8) is 0 Å². The molecule has 0 radical (unpaired) electrons. The first-order valence-corrected chi connectivity index (χ1v) is 7.95. The van der Waals surface area contributed by atoms with Crippen LogP contribution in [-0.4, -0.2) is 36.0 Å². The highest BCUT2D eigenvalue weighted by molar-refractivity contribution is 7.08. The van der Waals surface area contributed by atoms with Gasteiger partial charge in [-0.05, 0) is 39.1 Å². The van der Waals surface area contributed by atoms with Gasteiger partial charge < -0.3 is 15.4 Å². The normalized spacial score (nSPS) is 12.4. The van der Waals surface area contributed by atoms with Crippen LogP contribution in [0.2, 0.25) is 0 Å². The molecule has 0 saturated heterocycles. The number of carbonyl (C=O) groups is 3. The van der Waals surface area contributed by atoms with Crippen molar-refractivity contribution in [2.75, 3.05) is 6.54 Å². The topological polar surface area (TPSA) is 84.5 Å². The summed E-state index contributed by atoms with van der Waals surface area (Å²) in [5.74, 6) is -1.10. The molecule has 0 bridgehead atoms. The van der Waals surface area contributed by atoms with E-state index in [-0.39, 0.29) is 30.3 Å². The van der Waals surface area contributed by atoms with Gasteiger partial charge >= 0.3 is 5.97 Å². The predicted octanol–water partition coefficient (Wildman–Crippen LogP) is 1.71. The van der Waals surface area contributed by atoms with Gasteiger partial charge in [0.15, 0.2) is 6.10 Å². The minimum Gasteiger partial charge on any atom is -0.452 e. The van der Waals surface area contributed by atoms with E-state index in [1.54, 1.807) is 16.8 Å². The summed E-state index contributed by atoms with van der Waals surface area (Å²) < 4.78 is 5.03. The van der Waals surface area contributed by atoms with Crippen LogP contribution in [0.25, 0.3) is 0 Å². The Hall–Kier alpha value is -1.89. The van der Waals surface area contributed by atoms with E-state index in [1.165, 1.54) is 18.3 Å². The maximum Gasteiger partial charge on any atom is 0.308 e. The highest BCUT2D eigenvalue weighted by Gasteiger charge is 2.22. The molecule has 1 aromatic rings. The lowest BCUT2D eigenvalue weighted by Crippen LogP contribution is -2.46. The molecule has 7 heteroatoms. The largest absolute Gasteiger partial charge is 0.452 e. The molecule has 1 rings (SSSR count). The van der Waals surface area contributed by atoms with Crippen molar-refractivity contribution in [2.24, 2.45) is 0 Å². The molecule has 0 aliphatic heterocycles. The number of hydrogen-bond acceptors (Lipinski definition) is 5. The van der Waals surface area contributed by atoms with Crippen LogP contribution < -0.4 is 10.6 Å². The van der Waals surface area contributed by atoms with Crippen molar-refractivity contribution in [1.29, 1.82) is 0 Å². The van der Waals surface area contributed by atoms with E-state index < -0.39 is 12.1 Å². The molecule has 0 aliphatic rings. The lowest BCUT2D eigenvalue weighted by atomic mass is 10.1. The van der Waals surface area contributed by atoms with E-state index >= 15 is 0 Å². The van der Waals surface area contributed by atoms with Gasteiger partial charge in [0.2, 0.25) is 0 Å². The zero-order chi connectivity index (χ0) is 16.8. The fourth-order valence-electron chi connectivity index (χ4n) is 1.55. The van der Waals surface area contributed by atoms with E-state index in [2.05, 4.69) is 10.6 Å². The SMILES string of the molecule is CC(OC(=O)CCNC(=O)c1ccsc1)C(=O)NC(C)(C)C. The van der Waals surface area contributed by atoms with Crippen LogP contribution in [0, 0.1) is 0 Å². The van der Waals surface area contributed by atoms with Crippen molar-refractivity contribution in [1.82, 2.24) is 10.6 Å². The maximum atomic E-state index is 11.8. The molecular formula is C15H22N2O4S. The van der Waals surface area contributed by atoms with Gasteiger partial charge in [-0.25, -0.2) is 0 Å². The molecule has 0 fully saturated rings. The maximum absolute atomic E-state index is 11.8. The van der Waals surface area contributed by atoms with Crippen LogP contribution in [0.4, 0.5) is 0 Å². The molecule has 2 amide bonds. The summed E-state index contributed by atoms with van der Waals surface area (Å²) in [5, 5.41) is 8.89. The highest BCUT2D eigenvalue weighted by Crippen LogP contribution is 2.05. The van der Waals surface area contributed by atoms with Crippen LogP contribution in [-0.2, 0) is 14.3 Å². The molecule has 122 valence electrons. The van der Waals surface area contributed by atoms with Crippen molar-refractivity contribution in [3.05, 3.63) is 22.4 Å². The molecule has 0 aromatic carbocycles. The number of nitrogens with one attached hydrogen (secondary N) is 2. The zero-order valence-electron chi connectivity index (χ0n) is 13.3. The number of carbonyl (C=O) groups excluding carboxylic acids is 3. The monoisotopic (exact) mass is 326 g/mol. The second-order valence-corrected chi connectivity index (χ2v) is 6.67.